The van der Waals surface area contributed by atoms with Crippen molar-refractivity contribution >= 4 is 11.8 Å². The van der Waals surface area contributed by atoms with Crippen molar-refractivity contribution in [1.29, 1.82) is 0 Å². The average Bonchev–Trinajstić information content (AvgIpc) is 3.15. The fourth-order valence-electron chi connectivity index (χ4n) is 2.20. The highest BCUT2D eigenvalue weighted by Crippen LogP contribution is 2.22. The van der Waals surface area contributed by atoms with Gasteiger partial charge >= 0.3 is 0 Å². The second kappa shape index (κ2) is 6.90. The van der Waals surface area contributed by atoms with Gasteiger partial charge in [0.25, 0.3) is 0 Å². The van der Waals surface area contributed by atoms with Gasteiger partial charge in [0.1, 0.15) is 0 Å². The van der Waals surface area contributed by atoms with Crippen LogP contribution in [-0.2, 0) is 16.9 Å². The second-order valence-electron chi connectivity index (χ2n) is 4.90. The van der Waals surface area contributed by atoms with Gasteiger partial charge in [-0.25, -0.2) is 0 Å². The molecule has 1 aromatic heterocycles. The molecule has 0 aliphatic carbocycles. The summed E-state index contributed by atoms with van der Waals surface area (Å²) in [7, 11) is 0. The number of thioether (sulfide) groups is 1. The predicted octanol–water partition coefficient (Wildman–Crippen LogP) is 3.05. The first kappa shape index (κ1) is 13.6. The van der Waals surface area contributed by atoms with E-state index in [2.05, 4.69) is 34.4 Å². The van der Waals surface area contributed by atoms with Crippen molar-refractivity contribution in [2.45, 2.75) is 24.5 Å². The highest BCUT2D eigenvalue weighted by Gasteiger charge is 2.22. The standard InChI is InChI=1S/C15H18N2O2S/c1-2-4-12(5-3-1)11-20-9-7-14-16-15(17-19-14)13-6-8-18-10-13/h1-5,13H,6-11H2. The number of benzene rings is 1. The molecule has 0 radical (unpaired) electrons. The monoisotopic (exact) mass is 290 g/mol. The molecule has 3 rings (SSSR count). The second-order valence-corrected chi connectivity index (χ2v) is 6.00. The highest BCUT2D eigenvalue weighted by atomic mass is 32.2. The Kier molecular flexibility index (Phi) is 4.71. The number of hydrogen-bond acceptors (Lipinski definition) is 5. The van der Waals surface area contributed by atoms with Crippen LogP contribution in [0.4, 0.5) is 0 Å². The molecule has 0 spiro atoms. The first-order valence-corrected chi connectivity index (χ1v) is 8.09. The van der Waals surface area contributed by atoms with Crippen LogP contribution in [-0.4, -0.2) is 29.1 Å². The molecule has 1 aliphatic rings. The van der Waals surface area contributed by atoms with Gasteiger partial charge in [-0.15, -0.1) is 0 Å². The molecule has 1 unspecified atom stereocenters. The molecule has 2 aromatic rings. The van der Waals surface area contributed by atoms with Gasteiger partial charge in [-0.3, -0.25) is 0 Å². The van der Waals surface area contributed by atoms with Crippen LogP contribution < -0.4 is 0 Å². The zero-order valence-electron chi connectivity index (χ0n) is 11.3. The van der Waals surface area contributed by atoms with Gasteiger partial charge in [0.05, 0.1) is 6.61 Å². The van der Waals surface area contributed by atoms with Gasteiger partial charge in [0, 0.05) is 30.5 Å². The number of rotatable bonds is 6. The van der Waals surface area contributed by atoms with Crippen molar-refractivity contribution in [2.75, 3.05) is 19.0 Å². The minimum atomic E-state index is 0.324. The maximum Gasteiger partial charge on any atom is 0.227 e. The molecule has 0 saturated carbocycles. The van der Waals surface area contributed by atoms with Crippen molar-refractivity contribution in [3.8, 4) is 0 Å². The SMILES string of the molecule is c1ccc(CSCCc2nc(C3CCOC3)no2)cc1. The number of ether oxygens (including phenoxy) is 1. The Morgan fingerprint density at radius 1 is 1.25 bits per heavy atom. The number of aryl methyl sites for hydroxylation is 1. The van der Waals surface area contributed by atoms with E-state index in [1.54, 1.807) is 0 Å². The molecule has 1 aromatic carbocycles. The molecule has 1 atom stereocenters. The van der Waals surface area contributed by atoms with Crippen LogP contribution in [0.25, 0.3) is 0 Å². The van der Waals surface area contributed by atoms with Crippen LogP contribution in [0.1, 0.15) is 29.6 Å². The molecule has 5 heteroatoms. The maximum atomic E-state index is 5.34. The van der Waals surface area contributed by atoms with Crippen molar-refractivity contribution < 1.29 is 9.26 Å². The first-order valence-electron chi connectivity index (χ1n) is 6.94. The number of hydrogen-bond donors (Lipinski definition) is 0. The quantitative estimate of drug-likeness (QED) is 0.765. The van der Waals surface area contributed by atoms with Gasteiger partial charge in [-0.1, -0.05) is 35.5 Å². The summed E-state index contributed by atoms with van der Waals surface area (Å²) >= 11 is 1.89. The highest BCUT2D eigenvalue weighted by molar-refractivity contribution is 7.98. The summed E-state index contributed by atoms with van der Waals surface area (Å²) in [4.78, 5) is 4.47. The summed E-state index contributed by atoms with van der Waals surface area (Å²) in [6.07, 6.45) is 1.83. The van der Waals surface area contributed by atoms with E-state index < -0.39 is 0 Å². The maximum absolute atomic E-state index is 5.34. The molecule has 1 aliphatic heterocycles. The molecule has 20 heavy (non-hydrogen) atoms. The fraction of sp³-hybridized carbons (Fsp3) is 0.467. The average molecular weight is 290 g/mol. The predicted molar refractivity (Wildman–Crippen MR) is 78.8 cm³/mol. The lowest BCUT2D eigenvalue weighted by Gasteiger charge is -1.99. The zero-order valence-corrected chi connectivity index (χ0v) is 12.1. The smallest absolute Gasteiger partial charge is 0.227 e. The van der Waals surface area contributed by atoms with E-state index >= 15 is 0 Å². The fourth-order valence-corrected chi connectivity index (χ4v) is 3.09. The normalized spacial score (nSPS) is 18.5. The van der Waals surface area contributed by atoms with Crippen molar-refractivity contribution in [1.82, 2.24) is 10.1 Å². The molecular formula is C15H18N2O2S. The third kappa shape index (κ3) is 3.61. The van der Waals surface area contributed by atoms with E-state index in [0.717, 1.165) is 49.3 Å². The van der Waals surface area contributed by atoms with Gasteiger partial charge < -0.3 is 9.26 Å². The molecular weight excluding hydrogens is 272 g/mol. The minimum Gasteiger partial charge on any atom is -0.381 e. The third-order valence-corrected chi connectivity index (χ3v) is 4.38. The van der Waals surface area contributed by atoms with Crippen LogP contribution in [0.2, 0.25) is 0 Å². The van der Waals surface area contributed by atoms with Gasteiger partial charge in [-0.2, -0.15) is 16.7 Å². The molecule has 106 valence electrons. The third-order valence-electron chi connectivity index (χ3n) is 3.35. The molecule has 2 heterocycles. The van der Waals surface area contributed by atoms with Crippen molar-refractivity contribution in [2.24, 2.45) is 0 Å². The number of nitrogens with zero attached hydrogens (tertiary/aromatic N) is 2. The van der Waals surface area contributed by atoms with E-state index in [1.165, 1.54) is 5.56 Å². The summed E-state index contributed by atoms with van der Waals surface area (Å²) in [6.45, 7) is 1.53. The van der Waals surface area contributed by atoms with Crippen LogP contribution in [0.15, 0.2) is 34.9 Å². The van der Waals surface area contributed by atoms with Crippen molar-refractivity contribution in [3.05, 3.63) is 47.6 Å². The van der Waals surface area contributed by atoms with Crippen LogP contribution >= 0.6 is 11.8 Å². The zero-order chi connectivity index (χ0) is 13.6. The first-order chi connectivity index (χ1) is 9.92. The molecule has 0 bridgehead atoms. The van der Waals surface area contributed by atoms with Gasteiger partial charge in [-0.05, 0) is 12.0 Å². The van der Waals surface area contributed by atoms with E-state index in [9.17, 15) is 0 Å². The lowest BCUT2D eigenvalue weighted by Crippen LogP contribution is -2.00. The van der Waals surface area contributed by atoms with E-state index in [0.29, 0.717) is 5.92 Å². The molecule has 4 nitrogen and oxygen atoms in total. The minimum absolute atomic E-state index is 0.324. The van der Waals surface area contributed by atoms with Crippen LogP contribution in [0.5, 0.6) is 0 Å². The lowest BCUT2D eigenvalue weighted by molar-refractivity contribution is 0.192. The summed E-state index contributed by atoms with van der Waals surface area (Å²) in [6, 6.07) is 10.5. The largest absolute Gasteiger partial charge is 0.381 e. The Morgan fingerprint density at radius 3 is 2.95 bits per heavy atom. The van der Waals surface area contributed by atoms with Gasteiger partial charge in [0.15, 0.2) is 5.82 Å². The van der Waals surface area contributed by atoms with E-state index in [1.807, 2.05) is 17.8 Å². The Hall–Kier alpha value is -1.33. The summed E-state index contributed by atoms with van der Waals surface area (Å²) in [5.74, 6) is 3.90. The Labute approximate surface area is 122 Å². The Balaban J connectivity index is 1.42. The lowest BCUT2D eigenvalue weighted by atomic mass is 10.1. The summed E-state index contributed by atoms with van der Waals surface area (Å²) < 4.78 is 10.6. The van der Waals surface area contributed by atoms with Crippen LogP contribution in [0, 0.1) is 0 Å². The summed E-state index contributed by atoms with van der Waals surface area (Å²) in [5.41, 5.74) is 1.35. The van der Waals surface area contributed by atoms with Gasteiger partial charge in [0.2, 0.25) is 5.89 Å². The molecule has 1 saturated heterocycles. The topological polar surface area (TPSA) is 48.2 Å². The Bertz CT molecular complexity index is 524. The molecule has 0 N–H and O–H groups in total. The molecule has 0 amide bonds. The summed E-state index contributed by atoms with van der Waals surface area (Å²) in [5, 5.41) is 4.06. The van der Waals surface area contributed by atoms with E-state index in [4.69, 9.17) is 9.26 Å². The van der Waals surface area contributed by atoms with Crippen molar-refractivity contribution in [3.63, 3.8) is 0 Å². The van der Waals surface area contributed by atoms with Crippen LogP contribution in [0.3, 0.4) is 0 Å². The Morgan fingerprint density at radius 2 is 2.15 bits per heavy atom. The van der Waals surface area contributed by atoms with E-state index in [-0.39, 0.29) is 0 Å². The molecule has 1 fully saturated rings. The number of aromatic nitrogens is 2.